The number of aliphatic imine (C=N–C) groups is 1. The van der Waals surface area contributed by atoms with Crippen LogP contribution in [0.3, 0.4) is 0 Å². The van der Waals surface area contributed by atoms with Crippen molar-refractivity contribution in [2.24, 2.45) is 4.99 Å². The summed E-state index contributed by atoms with van der Waals surface area (Å²) >= 11 is 5.03. The molecule has 8 nitrogen and oxygen atoms in total. The second-order valence-corrected chi connectivity index (χ2v) is 5.24. The van der Waals surface area contributed by atoms with Crippen LogP contribution in [-0.4, -0.2) is 44.6 Å². The van der Waals surface area contributed by atoms with Crippen molar-refractivity contribution in [1.82, 2.24) is 19.5 Å². The van der Waals surface area contributed by atoms with Crippen molar-refractivity contribution in [3.8, 4) is 5.88 Å². The first-order valence-electron chi connectivity index (χ1n) is 6.83. The molecule has 9 heteroatoms. The van der Waals surface area contributed by atoms with Crippen molar-refractivity contribution >= 4 is 24.4 Å². The maximum absolute atomic E-state index is 12.0. The summed E-state index contributed by atoms with van der Waals surface area (Å²) in [5.41, 5.74) is 0.976. The van der Waals surface area contributed by atoms with E-state index in [1.165, 1.54) is 17.9 Å². The Balaban J connectivity index is 2.44. The van der Waals surface area contributed by atoms with Gasteiger partial charge in [-0.3, -0.25) is 14.3 Å². The van der Waals surface area contributed by atoms with Crippen molar-refractivity contribution in [2.75, 3.05) is 13.7 Å². The van der Waals surface area contributed by atoms with Crippen LogP contribution in [0.25, 0.3) is 0 Å². The van der Waals surface area contributed by atoms with Crippen LogP contribution in [0.5, 0.6) is 5.88 Å². The van der Waals surface area contributed by atoms with E-state index in [1.807, 2.05) is 19.9 Å². The van der Waals surface area contributed by atoms with Gasteiger partial charge in [-0.05, 0) is 32.1 Å². The highest BCUT2D eigenvalue weighted by Crippen LogP contribution is 2.13. The third-order valence-corrected chi connectivity index (χ3v) is 3.33. The first-order chi connectivity index (χ1) is 10.9. The molecule has 2 aromatic heterocycles. The number of hydrogen-bond acceptors (Lipinski definition) is 7. The summed E-state index contributed by atoms with van der Waals surface area (Å²) in [7, 11) is 1.53. The summed E-state index contributed by atoms with van der Waals surface area (Å²) in [5.74, 6) is -0.0592. The summed E-state index contributed by atoms with van der Waals surface area (Å²) in [5, 5.41) is 10.3. The summed E-state index contributed by atoms with van der Waals surface area (Å²) in [4.78, 5) is 26.8. The number of aromatic nitrogens is 4. The van der Waals surface area contributed by atoms with Crippen LogP contribution >= 0.6 is 12.2 Å². The lowest BCUT2D eigenvalue weighted by molar-refractivity contribution is 0.182. The average Bonchev–Trinajstić information content (AvgIpc) is 2.45. The minimum Gasteiger partial charge on any atom is -0.494 e. The zero-order valence-electron chi connectivity index (χ0n) is 13.0. The van der Waals surface area contributed by atoms with Gasteiger partial charge in [0.15, 0.2) is 4.77 Å². The van der Waals surface area contributed by atoms with Crippen LogP contribution in [0.15, 0.2) is 15.9 Å². The minimum atomic E-state index is -0.533. The lowest BCUT2D eigenvalue weighted by Gasteiger charge is -2.10. The lowest BCUT2D eigenvalue weighted by atomic mass is 10.3. The van der Waals surface area contributed by atoms with E-state index in [0.29, 0.717) is 13.2 Å². The maximum atomic E-state index is 12.0. The monoisotopic (exact) mass is 335 g/mol. The topological polar surface area (TPSA) is 105 Å². The Morgan fingerprint density at radius 2 is 2.09 bits per heavy atom. The van der Waals surface area contributed by atoms with E-state index in [-0.39, 0.29) is 22.2 Å². The number of nitrogens with one attached hydrogen (secondary N) is 1. The molecule has 0 aliphatic rings. The van der Waals surface area contributed by atoms with E-state index in [1.54, 1.807) is 0 Å². The fourth-order valence-corrected chi connectivity index (χ4v) is 2.24. The van der Waals surface area contributed by atoms with Gasteiger partial charge in [-0.15, -0.1) is 0 Å². The molecular weight excluding hydrogens is 318 g/mol. The molecule has 0 aliphatic carbocycles. The molecule has 0 unspecified atom stereocenters. The number of nitrogens with zero attached hydrogens (tertiary/aromatic N) is 4. The molecule has 0 amide bonds. The van der Waals surface area contributed by atoms with E-state index in [4.69, 9.17) is 17.0 Å². The Morgan fingerprint density at radius 3 is 2.70 bits per heavy atom. The number of hydrogen-bond donors (Lipinski definition) is 2. The molecule has 0 atom stereocenters. The number of rotatable bonds is 5. The van der Waals surface area contributed by atoms with E-state index < -0.39 is 5.56 Å². The molecule has 2 rings (SSSR count). The van der Waals surface area contributed by atoms with Crippen LogP contribution < -0.4 is 5.56 Å². The molecule has 2 N–H and O–H groups in total. The van der Waals surface area contributed by atoms with Crippen LogP contribution in [0.4, 0.5) is 5.95 Å². The van der Waals surface area contributed by atoms with Crippen LogP contribution in [-0.2, 0) is 11.3 Å². The molecule has 0 saturated carbocycles. The van der Waals surface area contributed by atoms with Gasteiger partial charge >= 0.3 is 0 Å². The molecule has 2 aromatic rings. The largest absolute Gasteiger partial charge is 0.494 e. The average molecular weight is 335 g/mol. The quantitative estimate of drug-likeness (QED) is 0.632. The molecule has 122 valence electrons. The Kier molecular flexibility index (Phi) is 5.35. The van der Waals surface area contributed by atoms with E-state index in [9.17, 15) is 9.90 Å². The number of methoxy groups -OCH3 is 1. The van der Waals surface area contributed by atoms with Crippen molar-refractivity contribution in [2.45, 2.75) is 20.4 Å². The third kappa shape index (κ3) is 4.08. The van der Waals surface area contributed by atoms with E-state index >= 15 is 0 Å². The molecule has 0 fully saturated rings. The third-order valence-electron chi connectivity index (χ3n) is 3.01. The molecule has 0 bridgehead atoms. The lowest BCUT2D eigenvalue weighted by Crippen LogP contribution is -2.20. The van der Waals surface area contributed by atoms with E-state index in [2.05, 4.69) is 19.9 Å². The zero-order valence-corrected chi connectivity index (χ0v) is 13.8. The Labute approximate surface area is 137 Å². The predicted molar refractivity (Wildman–Crippen MR) is 88.2 cm³/mol. The predicted octanol–water partition coefficient (Wildman–Crippen LogP) is 1.42. The minimum absolute atomic E-state index is 0.0162. The van der Waals surface area contributed by atoms with Crippen molar-refractivity contribution in [1.29, 1.82) is 0 Å². The Morgan fingerprint density at radius 1 is 1.43 bits per heavy atom. The van der Waals surface area contributed by atoms with Gasteiger partial charge in [-0.25, -0.2) is 15.0 Å². The Hall–Kier alpha value is -2.39. The standard InChI is InChI=1S/C14H17N5O3S/c1-8-6-9(2)17-13(16-8)15-7-10-11(20)18-14(23)19(12(10)21)4-5-22-3/h6-7,21H,4-5H2,1-3H3,(H,18,20,23). The number of aromatic hydroxyl groups is 1. The number of aromatic amines is 1. The van der Waals surface area contributed by atoms with Crippen molar-refractivity contribution < 1.29 is 9.84 Å². The first-order valence-corrected chi connectivity index (χ1v) is 7.24. The molecule has 0 spiro atoms. The molecule has 0 saturated heterocycles. The summed E-state index contributed by atoms with van der Waals surface area (Å²) < 4.78 is 6.44. The molecule has 2 heterocycles. The van der Waals surface area contributed by atoms with Gasteiger partial charge in [-0.1, -0.05) is 0 Å². The number of aryl methyl sites for hydroxylation is 2. The highest BCUT2D eigenvalue weighted by Gasteiger charge is 2.11. The van der Waals surface area contributed by atoms with Gasteiger partial charge in [-0.2, -0.15) is 0 Å². The van der Waals surface area contributed by atoms with Crippen LogP contribution in [0.1, 0.15) is 17.0 Å². The first kappa shape index (κ1) is 17.0. The number of H-pyrrole nitrogens is 1. The van der Waals surface area contributed by atoms with Gasteiger partial charge in [0, 0.05) is 24.7 Å². The fraction of sp³-hybridized carbons (Fsp3) is 0.357. The summed E-state index contributed by atoms with van der Waals surface area (Å²) in [6.45, 7) is 4.29. The highest BCUT2D eigenvalue weighted by atomic mass is 32.1. The fourth-order valence-electron chi connectivity index (χ4n) is 1.97. The van der Waals surface area contributed by atoms with Crippen LogP contribution in [0.2, 0.25) is 0 Å². The molecule has 0 aromatic carbocycles. The van der Waals surface area contributed by atoms with Crippen molar-refractivity contribution in [3.05, 3.63) is 38.1 Å². The van der Waals surface area contributed by atoms with Crippen molar-refractivity contribution in [3.63, 3.8) is 0 Å². The normalized spacial score (nSPS) is 11.3. The summed E-state index contributed by atoms with van der Waals surface area (Å²) in [6.07, 6.45) is 1.22. The van der Waals surface area contributed by atoms with Gasteiger partial charge in [0.2, 0.25) is 11.8 Å². The van der Waals surface area contributed by atoms with Gasteiger partial charge in [0.25, 0.3) is 5.56 Å². The van der Waals surface area contributed by atoms with Gasteiger partial charge in [0.1, 0.15) is 5.56 Å². The second-order valence-electron chi connectivity index (χ2n) is 4.85. The van der Waals surface area contributed by atoms with Gasteiger partial charge < -0.3 is 9.84 Å². The van der Waals surface area contributed by atoms with E-state index in [0.717, 1.165) is 11.4 Å². The highest BCUT2D eigenvalue weighted by molar-refractivity contribution is 7.71. The Bertz CT molecular complexity index is 836. The maximum Gasteiger partial charge on any atom is 0.264 e. The summed E-state index contributed by atoms with van der Waals surface area (Å²) in [6, 6.07) is 1.81. The van der Waals surface area contributed by atoms with Gasteiger partial charge in [0.05, 0.1) is 13.2 Å². The number of ether oxygens (including phenoxy) is 1. The molecule has 0 aliphatic heterocycles. The molecule has 23 heavy (non-hydrogen) atoms. The zero-order chi connectivity index (χ0) is 17.0. The smallest absolute Gasteiger partial charge is 0.264 e. The van der Waals surface area contributed by atoms with Crippen LogP contribution in [0, 0.1) is 18.6 Å². The molecular formula is C14H17N5O3S. The second kappa shape index (κ2) is 7.25. The SMILES string of the molecule is COCCn1c(O)c(C=Nc2nc(C)cc(C)n2)c(=O)[nH]c1=S. The molecule has 0 radical (unpaired) electrons.